The Balaban J connectivity index is 1.59. The topological polar surface area (TPSA) is 16.6 Å². The Morgan fingerprint density at radius 1 is 0.760 bits per heavy atom. The third-order valence-corrected chi connectivity index (χ3v) is 5.35. The van der Waals surface area contributed by atoms with Gasteiger partial charge in [-0.2, -0.15) is 0 Å². The van der Waals surface area contributed by atoms with E-state index in [4.69, 9.17) is 0 Å². The summed E-state index contributed by atoms with van der Waals surface area (Å²) in [5.74, 6) is 0.470. The first-order chi connectivity index (χ1) is 12.4. The van der Waals surface area contributed by atoms with Crippen LogP contribution in [0.5, 0.6) is 0 Å². The largest absolute Gasteiger partial charge is 0.342 e. The van der Waals surface area contributed by atoms with E-state index in [1.54, 1.807) is 11.8 Å². The van der Waals surface area contributed by atoms with Crippen LogP contribution in [-0.4, -0.2) is 12.8 Å². The number of hydrogen-bond donors (Lipinski definition) is 1. The van der Waals surface area contributed by atoms with E-state index < -0.39 is 0 Å². The van der Waals surface area contributed by atoms with E-state index in [2.05, 4.69) is 96.5 Å². The number of thioether (sulfide) groups is 1. The highest BCUT2D eigenvalue weighted by molar-refractivity contribution is 7.98. The first-order valence-electron chi connectivity index (χ1n) is 8.91. The number of hydrogen-bond acceptors (Lipinski definition) is 1. The molecule has 0 aliphatic rings. The van der Waals surface area contributed by atoms with Crippen LogP contribution in [0, 0.1) is 0 Å². The van der Waals surface area contributed by atoms with E-state index in [-0.39, 0.29) is 0 Å². The maximum absolute atomic E-state index is 2.42. The fraction of sp³-hybridized carbons (Fsp3) is 0.217. The van der Waals surface area contributed by atoms with Gasteiger partial charge < -0.3 is 5.32 Å². The maximum Gasteiger partial charge on any atom is 0.101 e. The molecule has 0 spiro atoms. The normalized spacial score (nSPS) is 11.0. The van der Waals surface area contributed by atoms with Crippen molar-refractivity contribution in [3.8, 4) is 0 Å². The molecule has 2 heteroatoms. The highest BCUT2D eigenvalue weighted by Gasteiger charge is 2.14. The summed E-state index contributed by atoms with van der Waals surface area (Å²) < 4.78 is 0. The summed E-state index contributed by atoms with van der Waals surface area (Å²) >= 11 is 1.79. The summed E-state index contributed by atoms with van der Waals surface area (Å²) in [5, 5.41) is 2.42. The fourth-order valence-corrected chi connectivity index (χ4v) is 3.62. The quantitative estimate of drug-likeness (QED) is 0.461. The highest BCUT2D eigenvalue weighted by Crippen LogP contribution is 2.26. The molecule has 0 heterocycles. The van der Waals surface area contributed by atoms with Crippen molar-refractivity contribution in [2.75, 3.05) is 12.8 Å². The zero-order chi connectivity index (χ0) is 17.3. The van der Waals surface area contributed by atoms with Crippen LogP contribution >= 0.6 is 11.8 Å². The van der Waals surface area contributed by atoms with E-state index >= 15 is 0 Å². The van der Waals surface area contributed by atoms with E-state index in [1.165, 1.54) is 21.6 Å². The summed E-state index contributed by atoms with van der Waals surface area (Å²) in [7, 11) is 0. The predicted octanol–water partition coefficient (Wildman–Crippen LogP) is 4.69. The number of nitrogens with two attached hydrogens (primary N) is 1. The molecule has 1 nitrogen and oxygen atoms in total. The molecule has 0 bridgehead atoms. The average molecular weight is 349 g/mol. The van der Waals surface area contributed by atoms with Gasteiger partial charge in [-0.3, -0.25) is 0 Å². The van der Waals surface area contributed by atoms with Crippen LogP contribution in [0.1, 0.15) is 29.0 Å². The number of benzene rings is 3. The van der Waals surface area contributed by atoms with Crippen LogP contribution in [0.15, 0.2) is 89.8 Å². The lowest BCUT2D eigenvalue weighted by Crippen LogP contribution is -2.82. The molecule has 128 valence electrons. The van der Waals surface area contributed by atoms with Crippen LogP contribution < -0.4 is 5.32 Å². The van der Waals surface area contributed by atoms with Crippen LogP contribution in [0.4, 0.5) is 0 Å². The van der Waals surface area contributed by atoms with Gasteiger partial charge >= 0.3 is 0 Å². The Labute approximate surface area is 155 Å². The Morgan fingerprint density at radius 3 is 1.84 bits per heavy atom. The van der Waals surface area contributed by atoms with Crippen molar-refractivity contribution in [1.82, 2.24) is 0 Å². The van der Waals surface area contributed by atoms with Crippen LogP contribution in [0.2, 0.25) is 0 Å². The Hall–Kier alpha value is -2.03. The average Bonchev–Trinajstić information content (AvgIpc) is 2.70. The molecule has 0 radical (unpaired) electrons. The molecule has 0 saturated carbocycles. The van der Waals surface area contributed by atoms with E-state index in [0.717, 1.165) is 19.5 Å². The predicted molar refractivity (Wildman–Crippen MR) is 108 cm³/mol. The van der Waals surface area contributed by atoms with Crippen molar-refractivity contribution in [2.45, 2.75) is 23.8 Å². The number of rotatable bonds is 8. The van der Waals surface area contributed by atoms with Crippen molar-refractivity contribution in [3.63, 3.8) is 0 Å². The minimum absolute atomic E-state index is 0.470. The van der Waals surface area contributed by atoms with Crippen molar-refractivity contribution >= 4 is 11.8 Å². The van der Waals surface area contributed by atoms with Crippen molar-refractivity contribution < 1.29 is 5.32 Å². The maximum atomic E-state index is 2.42. The molecule has 3 rings (SSSR count). The zero-order valence-corrected chi connectivity index (χ0v) is 15.6. The van der Waals surface area contributed by atoms with Gasteiger partial charge in [0.15, 0.2) is 0 Å². The first kappa shape index (κ1) is 17.8. The molecule has 0 unspecified atom stereocenters. The highest BCUT2D eigenvalue weighted by atomic mass is 32.2. The van der Waals surface area contributed by atoms with Crippen LogP contribution in [0.3, 0.4) is 0 Å². The lowest BCUT2D eigenvalue weighted by molar-refractivity contribution is -0.671. The molecule has 3 aromatic carbocycles. The Morgan fingerprint density at radius 2 is 1.32 bits per heavy atom. The fourth-order valence-electron chi connectivity index (χ4n) is 3.21. The van der Waals surface area contributed by atoms with Gasteiger partial charge in [0, 0.05) is 22.8 Å². The lowest BCUT2D eigenvalue weighted by Gasteiger charge is -2.17. The molecule has 0 aliphatic carbocycles. The summed E-state index contributed by atoms with van der Waals surface area (Å²) in [6, 6.07) is 30.7. The van der Waals surface area contributed by atoms with Gasteiger partial charge in [0.1, 0.15) is 6.54 Å². The third kappa shape index (κ3) is 5.22. The van der Waals surface area contributed by atoms with Gasteiger partial charge in [-0.15, -0.1) is 11.8 Å². The molecule has 0 atom stereocenters. The van der Waals surface area contributed by atoms with Crippen molar-refractivity contribution in [2.24, 2.45) is 0 Å². The molecule has 2 N–H and O–H groups in total. The minimum Gasteiger partial charge on any atom is -0.342 e. The van der Waals surface area contributed by atoms with Gasteiger partial charge in [0.05, 0.1) is 6.54 Å². The third-order valence-electron chi connectivity index (χ3n) is 4.60. The summed E-state index contributed by atoms with van der Waals surface area (Å²) in [5.41, 5.74) is 4.21. The Bertz CT molecular complexity index is 699. The molecule has 3 aromatic rings. The molecule has 25 heavy (non-hydrogen) atoms. The van der Waals surface area contributed by atoms with E-state index in [9.17, 15) is 0 Å². The molecule has 0 fully saturated rings. The molecule has 0 saturated heterocycles. The second kappa shape index (κ2) is 9.45. The monoisotopic (exact) mass is 348 g/mol. The van der Waals surface area contributed by atoms with Gasteiger partial charge in [-0.1, -0.05) is 72.8 Å². The first-order valence-corrected chi connectivity index (χ1v) is 10.1. The van der Waals surface area contributed by atoms with Crippen LogP contribution in [0.25, 0.3) is 0 Å². The molecule has 0 amide bonds. The Kier molecular flexibility index (Phi) is 6.72. The molecular weight excluding hydrogens is 322 g/mol. The van der Waals surface area contributed by atoms with Gasteiger partial charge in [0.25, 0.3) is 0 Å². The van der Waals surface area contributed by atoms with Gasteiger partial charge in [0.2, 0.25) is 0 Å². The van der Waals surface area contributed by atoms with Crippen molar-refractivity contribution in [1.29, 1.82) is 0 Å². The molecular formula is C23H26NS+. The standard InChI is InChI=1S/C23H25NS/c1-25-22-14-12-19(13-15-22)18-24-17-16-23(20-8-4-2-5-9-20)21-10-6-3-7-11-21/h2-15,23-24H,16-18H2,1H3/p+1. The second-order valence-corrected chi connectivity index (χ2v) is 7.17. The summed E-state index contributed by atoms with van der Waals surface area (Å²) in [6.45, 7) is 2.17. The zero-order valence-electron chi connectivity index (χ0n) is 14.8. The molecule has 0 aliphatic heterocycles. The summed E-state index contributed by atoms with van der Waals surface area (Å²) in [6.07, 6.45) is 3.27. The lowest BCUT2D eigenvalue weighted by atomic mass is 9.88. The second-order valence-electron chi connectivity index (χ2n) is 6.29. The SMILES string of the molecule is CSc1ccc(C[NH2+]CCC(c2ccccc2)c2ccccc2)cc1. The van der Waals surface area contributed by atoms with Gasteiger partial charge in [-0.05, 0) is 29.5 Å². The minimum atomic E-state index is 0.470. The summed E-state index contributed by atoms with van der Waals surface area (Å²) in [4.78, 5) is 1.33. The van der Waals surface area contributed by atoms with Crippen molar-refractivity contribution in [3.05, 3.63) is 102 Å². The van der Waals surface area contributed by atoms with Crippen LogP contribution in [-0.2, 0) is 6.54 Å². The smallest absolute Gasteiger partial charge is 0.101 e. The number of quaternary nitrogens is 1. The van der Waals surface area contributed by atoms with Gasteiger partial charge in [-0.25, -0.2) is 0 Å². The van der Waals surface area contributed by atoms with E-state index in [0.29, 0.717) is 5.92 Å². The van der Waals surface area contributed by atoms with E-state index in [1.807, 2.05) is 0 Å². The molecule has 0 aromatic heterocycles.